The van der Waals surface area contributed by atoms with E-state index in [1.165, 1.54) is 23.4 Å². The van der Waals surface area contributed by atoms with E-state index in [9.17, 15) is 9.59 Å². The Hall–Kier alpha value is -2.91. The Bertz CT molecular complexity index is 1420. The van der Waals surface area contributed by atoms with Gasteiger partial charge >= 0.3 is 5.97 Å². The number of aromatic nitrogens is 4. The minimum absolute atomic E-state index is 0.247. The first kappa shape index (κ1) is 21.0. The Labute approximate surface area is 196 Å². The number of ether oxygens (including phenoxy) is 1. The van der Waals surface area contributed by atoms with Crippen LogP contribution in [0.1, 0.15) is 17.2 Å². The first-order chi connectivity index (χ1) is 15.5. The number of carbonyl (C=O) groups is 1. The fourth-order valence-electron chi connectivity index (χ4n) is 4.18. The SMILES string of the molecule is COC(=O)[C@@H]1CSc2c(-c3cn(C)nn3)c(Cc3cccc4ccccc34)c(Br)c(=O)n21. The van der Waals surface area contributed by atoms with Crippen LogP contribution in [0.25, 0.3) is 22.0 Å². The van der Waals surface area contributed by atoms with Crippen LogP contribution in [-0.2, 0) is 23.0 Å². The van der Waals surface area contributed by atoms with Crippen molar-refractivity contribution in [1.29, 1.82) is 0 Å². The van der Waals surface area contributed by atoms with E-state index in [2.05, 4.69) is 50.5 Å². The molecule has 0 radical (unpaired) electrons. The molecule has 4 aromatic rings. The highest BCUT2D eigenvalue weighted by atomic mass is 79.9. The van der Waals surface area contributed by atoms with Crippen LogP contribution in [0.3, 0.4) is 0 Å². The van der Waals surface area contributed by atoms with Gasteiger partial charge in [-0.3, -0.25) is 14.0 Å². The first-order valence-corrected chi connectivity index (χ1v) is 11.8. The second-order valence-corrected chi connectivity index (χ2v) is 9.39. The number of benzene rings is 2. The Morgan fingerprint density at radius 3 is 2.78 bits per heavy atom. The zero-order chi connectivity index (χ0) is 22.4. The molecule has 0 unspecified atom stereocenters. The highest BCUT2D eigenvalue weighted by molar-refractivity contribution is 9.10. The summed E-state index contributed by atoms with van der Waals surface area (Å²) in [7, 11) is 3.14. The number of nitrogens with zero attached hydrogens (tertiary/aromatic N) is 4. The van der Waals surface area contributed by atoms with Crippen LogP contribution in [-0.4, -0.2) is 38.4 Å². The zero-order valence-electron chi connectivity index (χ0n) is 17.4. The summed E-state index contributed by atoms with van der Waals surface area (Å²) in [6, 6.07) is 13.7. The number of esters is 1. The number of halogens is 1. The van der Waals surface area contributed by atoms with Crippen molar-refractivity contribution >= 4 is 44.4 Å². The molecule has 9 heteroatoms. The molecule has 0 spiro atoms. The zero-order valence-corrected chi connectivity index (χ0v) is 19.8. The molecule has 1 atom stereocenters. The summed E-state index contributed by atoms with van der Waals surface area (Å²) < 4.78 is 8.53. The molecule has 0 saturated heterocycles. The molecule has 0 amide bonds. The van der Waals surface area contributed by atoms with Gasteiger partial charge < -0.3 is 4.74 Å². The molecule has 1 aliphatic heterocycles. The minimum atomic E-state index is -0.675. The number of carbonyl (C=O) groups excluding carboxylic acids is 1. The third-order valence-electron chi connectivity index (χ3n) is 5.67. The molecular formula is C23H19BrN4O3S. The minimum Gasteiger partial charge on any atom is -0.467 e. The van der Waals surface area contributed by atoms with E-state index in [1.54, 1.807) is 11.7 Å². The van der Waals surface area contributed by atoms with Crippen LogP contribution in [0.2, 0.25) is 0 Å². The molecule has 1 aliphatic rings. The molecule has 3 heterocycles. The van der Waals surface area contributed by atoms with Crippen LogP contribution in [0.5, 0.6) is 0 Å². The van der Waals surface area contributed by atoms with Gasteiger partial charge in [-0.2, -0.15) is 0 Å². The average molecular weight is 511 g/mol. The maximum absolute atomic E-state index is 13.4. The van der Waals surface area contributed by atoms with E-state index in [0.717, 1.165) is 27.5 Å². The number of fused-ring (bicyclic) bond motifs is 2. The van der Waals surface area contributed by atoms with Crippen LogP contribution in [0.15, 0.2) is 63.0 Å². The predicted molar refractivity (Wildman–Crippen MR) is 127 cm³/mol. The molecule has 32 heavy (non-hydrogen) atoms. The van der Waals surface area contributed by atoms with Crippen molar-refractivity contribution in [3.63, 3.8) is 0 Å². The number of hydrogen-bond donors (Lipinski definition) is 0. The molecule has 0 bridgehead atoms. The molecule has 5 rings (SSSR count). The number of methoxy groups -OCH3 is 1. The fourth-order valence-corrected chi connectivity index (χ4v) is 6.03. The fraction of sp³-hybridized carbons (Fsp3) is 0.217. The van der Waals surface area contributed by atoms with E-state index >= 15 is 0 Å². The Morgan fingerprint density at radius 2 is 2.03 bits per heavy atom. The molecule has 2 aromatic carbocycles. The molecule has 0 fully saturated rings. The topological polar surface area (TPSA) is 79.0 Å². The van der Waals surface area contributed by atoms with Gasteiger partial charge in [-0.1, -0.05) is 47.7 Å². The van der Waals surface area contributed by atoms with Crippen molar-refractivity contribution in [2.75, 3.05) is 12.9 Å². The highest BCUT2D eigenvalue weighted by Gasteiger charge is 2.36. The Kier molecular flexibility index (Phi) is 5.38. The van der Waals surface area contributed by atoms with Crippen molar-refractivity contribution in [2.45, 2.75) is 17.5 Å². The van der Waals surface area contributed by atoms with Gasteiger partial charge in [0, 0.05) is 24.8 Å². The van der Waals surface area contributed by atoms with E-state index in [0.29, 0.717) is 27.4 Å². The largest absolute Gasteiger partial charge is 0.467 e. The first-order valence-electron chi connectivity index (χ1n) is 10.0. The molecule has 162 valence electrons. The van der Waals surface area contributed by atoms with Gasteiger partial charge in [0.1, 0.15) is 11.7 Å². The van der Waals surface area contributed by atoms with Gasteiger partial charge in [-0.25, -0.2) is 4.79 Å². The third kappa shape index (κ3) is 3.36. The number of thioether (sulfide) groups is 1. The molecule has 0 saturated carbocycles. The Balaban J connectivity index is 1.77. The van der Waals surface area contributed by atoms with E-state index in [1.807, 2.05) is 24.4 Å². The summed E-state index contributed by atoms with van der Waals surface area (Å²) in [6.45, 7) is 0. The molecule has 0 aliphatic carbocycles. The molecular weight excluding hydrogens is 492 g/mol. The van der Waals surface area contributed by atoms with Crippen molar-refractivity contribution < 1.29 is 9.53 Å². The lowest BCUT2D eigenvalue weighted by Gasteiger charge is -2.18. The summed E-state index contributed by atoms with van der Waals surface area (Å²) >= 11 is 5.03. The van der Waals surface area contributed by atoms with Gasteiger partial charge in [0.05, 0.1) is 22.8 Å². The maximum Gasteiger partial charge on any atom is 0.329 e. The number of hydrogen-bond acceptors (Lipinski definition) is 6. The van der Waals surface area contributed by atoms with Crippen molar-refractivity contribution in [3.8, 4) is 11.3 Å². The summed E-state index contributed by atoms with van der Waals surface area (Å²) in [6.07, 6.45) is 2.35. The second kappa shape index (κ2) is 8.22. The van der Waals surface area contributed by atoms with E-state index in [-0.39, 0.29) is 5.56 Å². The van der Waals surface area contributed by atoms with Gasteiger partial charge in [-0.15, -0.1) is 16.9 Å². The average Bonchev–Trinajstić information content (AvgIpc) is 3.44. The van der Waals surface area contributed by atoms with Crippen LogP contribution in [0, 0.1) is 0 Å². The Morgan fingerprint density at radius 1 is 1.25 bits per heavy atom. The smallest absolute Gasteiger partial charge is 0.329 e. The number of aryl methyl sites for hydroxylation is 1. The van der Waals surface area contributed by atoms with Gasteiger partial charge in [0.2, 0.25) is 0 Å². The van der Waals surface area contributed by atoms with Crippen molar-refractivity contribution in [3.05, 3.63) is 74.6 Å². The predicted octanol–water partition coefficient (Wildman–Crippen LogP) is 3.97. The lowest BCUT2D eigenvalue weighted by molar-refractivity contribution is -0.143. The molecule has 0 N–H and O–H groups in total. The summed E-state index contributed by atoms with van der Waals surface area (Å²) in [5.74, 6) is -0.00330. The molecule has 2 aromatic heterocycles. The normalized spacial score (nSPS) is 15.2. The summed E-state index contributed by atoms with van der Waals surface area (Å²) in [5, 5.41) is 11.4. The van der Waals surface area contributed by atoms with Gasteiger partial charge in [0.25, 0.3) is 5.56 Å². The van der Waals surface area contributed by atoms with Gasteiger partial charge in [-0.05, 0) is 37.8 Å². The van der Waals surface area contributed by atoms with Crippen molar-refractivity contribution in [1.82, 2.24) is 19.6 Å². The lowest BCUT2D eigenvalue weighted by Crippen LogP contribution is -2.31. The number of pyridine rings is 1. The standard InChI is InChI=1S/C23H19BrN4O3S/c1-27-11-17(25-26-27)19-16(10-14-8-5-7-13-6-3-4-9-15(13)14)20(24)21(29)28-18(23(30)31-2)12-32-22(19)28/h3-9,11,18H,10,12H2,1-2H3/t18-/m0/s1. The molecule has 7 nitrogen and oxygen atoms in total. The quantitative estimate of drug-likeness (QED) is 0.386. The lowest BCUT2D eigenvalue weighted by atomic mass is 9.95. The third-order valence-corrected chi connectivity index (χ3v) is 7.65. The van der Waals surface area contributed by atoms with Crippen LogP contribution < -0.4 is 5.56 Å². The van der Waals surface area contributed by atoms with Crippen LogP contribution >= 0.6 is 27.7 Å². The monoisotopic (exact) mass is 510 g/mol. The highest BCUT2D eigenvalue weighted by Crippen LogP contribution is 2.43. The van der Waals surface area contributed by atoms with E-state index in [4.69, 9.17) is 4.74 Å². The van der Waals surface area contributed by atoms with Gasteiger partial charge in [0.15, 0.2) is 0 Å². The van der Waals surface area contributed by atoms with Crippen molar-refractivity contribution in [2.24, 2.45) is 7.05 Å². The summed E-state index contributed by atoms with van der Waals surface area (Å²) in [4.78, 5) is 25.8. The maximum atomic E-state index is 13.4. The number of rotatable bonds is 4. The summed E-state index contributed by atoms with van der Waals surface area (Å²) in [5.41, 5.74) is 3.16. The van der Waals surface area contributed by atoms with Crippen LogP contribution in [0.4, 0.5) is 0 Å². The second-order valence-electron chi connectivity index (χ2n) is 7.59. The van der Waals surface area contributed by atoms with E-state index < -0.39 is 12.0 Å².